The van der Waals surface area contributed by atoms with Crippen molar-refractivity contribution in [2.75, 3.05) is 6.54 Å². The predicted octanol–water partition coefficient (Wildman–Crippen LogP) is 2.10. The third kappa shape index (κ3) is 3.90. The van der Waals surface area contributed by atoms with Crippen molar-refractivity contribution in [2.45, 2.75) is 12.3 Å². The van der Waals surface area contributed by atoms with E-state index in [9.17, 15) is 14.9 Å². The van der Waals surface area contributed by atoms with E-state index in [1.165, 1.54) is 0 Å². The standard InChI is InChI=1S/C19H16N4O2/c20-11-14(19-22-15-8-4-5-9-16(15)23-19)17(24)12-21-18(25)10-13-6-2-1-3-7-13/h1-9,14H,10,12H2,(H,21,25)(H,22,23)/t14-/m0/s1. The number of para-hydroxylation sites is 2. The van der Waals surface area contributed by atoms with E-state index in [0.29, 0.717) is 11.3 Å². The Morgan fingerprint density at radius 2 is 1.84 bits per heavy atom. The maximum absolute atomic E-state index is 12.3. The largest absolute Gasteiger partial charge is 0.349 e. The minimum atomic E-state index is -1.04. The summed E-state index contributed by atoms with van der Waals surface area (Å²) in [5.74, 6) is -1.40. The number of nitrogens with zero attached hydrogens (tertiary/aromatic N) is 2. The van der Waals surface area contributed by atoms with Gasteiger partial charge in [0.05, 0.1) is 30.1 Å². The van der Waals surface area contributed by atoms with Crippen molar-refractivity contribution >= 4 is 22.7 Å². The second kappa shape index (κ2) is 7.41. The van der Waals surface area contributed by atoms with Gasteiger partial charge in [0.2, 0.25) is 5.91 Å². The van der Waals surface area contributed by atoms with Gasteiger partial charge < -0.3 is 10.3 Å². The molecule has 0 unspecified atom stereocenters. The number of H-pyrrole nitrogens is 1. The van der Waals surface area contributed by atoms with E-state index in [-0.39, 0.29) is 18.9 Å². The van der Waals surface area contributed by atoms with Crippen molar-refractivity contribution in [1.82, 2.24) is 15.3 Å². The lowest BCUT2D eigenvalue weighted by Gasteiger charge is -2.07. The minimum Gasteiger partial charge on any atom is -0.349 e. The molecule has 1 aromatic heterocycles. The van der Waals surface area contributed by atoms with Gasteiger partial charge in [-0.2, -0.15) is 5.26 Å². The zero-order valence-corrected chi connectivity index (χ0v) is 13.4. The molecule has 2 N–H and O–H groups in total. The summed E-state index contributed by atoms with van der Waals surface area (Å²) in [6.45, 7) is -0.207. The Morgan fingerprint density at radius 1 is 1.12 bits per heavy atom. The fraction of sp³-hybridized carbons (Fsp3) is 0.158. The molecule has 6 heteroatoms. The molecule has 0 fully saturated rings. The van der Waals surface area contributed by atoms with Crippen LogP contribution in [0.5, 0.6) is 0 Å². The van der Waals surface area contributed by atoms with E-state index in [4.69, 9.17) is 0 Å². The first-order valence-corrected chi connectivity index (χ1v) is 7.85. The molecule has 0 spiro atoms. The zero-order chi connectivity index (χ0) is 17.6. The molecule has 1 atom stereocenters. The molecule has 0 aliphatic heterocycles. The van der Waals surface area contributed by atoms with E-state index in [0.717, 1.165) is 11.1 Å². The van der Waals surface area contributed by atoms with Crippen LogP contribution in [0.25, 0.3) is 11.0 Å². The second-order valence-electron chi connectivity index (χ2n) is 5.61. The van der Waals surface area contributed by atoms with Crippen LogP contribution in [-0.2, 0) is 16.0 Å². The molecule has 6 nitrogen and oxygen atoms in total. The Hall–Kier alpha value is -3.46. The second-order valence-corrected chi connectivity index (χ2v) is 5.61. The van der Waals surface area contributed by atoms with Crippen LogP contribution in [-0.4, -0.2) is 28.2 Å². The zero-order valence-electron chi connectivity index (χ0n) is 13.4. The molecule has 25 heavy (non-hydrogen) atoms. The summed E-state index contributed by atoms with van der Waals surface area (Å²) in [4.78, 5) is 31.5. The number of aromatic nitrogens is 2. The van der Waals surface area contributed by atoms with Crippen molar-refractivity contribution in [2.24, 2.45) is 0 Å². The highest BCUT2D eigenvalue weighted by Crippen LogP contribution is 2.17. The molecule has 3 aromatic rings. The number of hydrogen-bond acceptors (Lipinski definition) is 4. The van der Waals surface area contributed by atoms with Gasteiger partial charge in [-0.25, -0.2) is 4.98 Å². The highest BCUT2D eigenvalue weighted by Gasteiger charge is 2.23. The molecule has 124 valence electrons. The lowest BCUT2D eigenvalue weighted by molar-refractivity contribution is -0.124. The number of hydrogen-bond donors (Lipinski definition) is 2. The van der Waals surface area contributed by atoms with Crippen molar-refractivity contribution in [3.05, 3.63) is 66.0 Å². The number of carbonyl (C=O) groups excluding carboxylic acids is 2. The number of Topliss-reactive ketones (excluding diaryl/α,β-unsaturated/α-hetero) is 1. The number of fused-ring (bicyclic) bond motifs is 1. The summed E-state index contributed by atoms with van der Waals surface area (Å²) in [5, 5.41) is 11.9. The molecule has 1 heterocycles. The fourth-order valence-electron chi connectivity index (χ4n) is 2.53. The normalized spacial score (nSPS) is 11.6. The molecule has 0 saturated heterocycles. The number of imidazole rings is 1. The van der Waals surface area contributed by atoms with E-state index in [1.54, 1.807) is 6.07 Å². The Morgan fingerprint density at radius 3 is 2.56 bits per heavy atom. The smallest absolute Gasteiger partial charge is 0.224 e. The molecular formula is C19H16N4O2. The van der Waals surface area contributed by atoms with E-state index < -0.39 is 11.7 Å². The lowest BCUT2D eigenvalue weighted by atomic mass is 10.1. The van der Waals surface area contributed by atoms with E-state index in [2.05, 4.69) is 15.3 Å². The predicted molar refractivity (Wildman–Crippen MR) is 92.6 cm³/mol. The van der Waals surface area contributed by atoms with E-state index in [1.807, 2.05) is 54.6 Å². The van der Waals surface area contributed by atoms with Gasteiger partial charge in [-0.1, -0.05) is 42.5 Å². The highest BCUT2D eigenvalue weighted by atomic mass is 16.2. The number of ketones is 1. The third-order valence-corrected chi connectivity index (χ3v) is 3.80. The molecule has 0 radical (unpaired) electrons. The monoisotopic (exact) mass is 332 g/mol. The van der Waals surface area contributed by atoms with Crippen LogP contribution in [0.3, 0.4) is 0 Å². The maximum atomic E-state index is 12.3. The van der Waals surface area contributed by atoms with Crippen LogP contribution in [0.2, 0.25) is 0 Å². The van der Waals surface area contributed by atoms with Crippen LogP contribution in [0.15, 0.2) is 54.6 Å². The summed E-state index contributed by atoms with van der Waals surface area (Å²) >= 11 is 0. The Labute approximate surface area is 144 Å². The Kier molecular flexibility index (Phi) is 4.86. The molecule has 0 aliphatic rings. The van der Waals surface area contributed by atoms with Crippen molar-refractivity contribution in [3.8, 4) is 6.07 Å². The number of benzene rings is 2. The first-order chi connectivity index (χ1) is 12.2. The molecule has 0 bridgehead atoms. The number of nitrogens with one attached hydrogen (secondary N) is 2. The number of rotatable bonds is 6. The van der Waals surface area contributed by atoms with Gasteiger partial charge in [0.15, 0.2) is 11.7 Å². The quantitative estimate of drug-likeness (QED) is 0.722. The van der Waals surface area contributed by atoms with Crippen LogP contribution in [0.4, 0.5) is 0 Å². The van der Waals surface area contributed by atoms with Gasteiger partial charge in [-0.05, 0) is 17.7 Å². The van der Waals surface area contributed by atoms with Crippen molar-refractivity contribution in [3.63, 3.8) is 0 Å². The minimum absolute atomic E-state index is 0.190. The van der Waals surface area contributed by atoms with E-state index >= 15 is 0 Å². The average molecular weight is 332 g/mol. The molecule has 3 rings (SSSR count). The first kappa shape index (κ1) is 16.4. The van der Waals surface area contributed by atoms with Gasteiger partial charge in [-0.15, -0.1) is 0 Å². The Balaban J connectivity index is 1.62. The molecule has 1 amide bonds. The SMILES string of the molecule is N#C[C@@H](C(=O)CNC(=O)Cc1ccccc1)c1nc2ccccc2[nH]1. The molecular weight excluding hydrogens is 316 g/mol. The van der Waals surface area contributed by atoms with Crippen LogP contribution in [0.1, 0.15) is 17.3 Å². The van der Waals surface area contributed by atoms with Crippen LogP contribution < -0.4 is 5.32 Å². The molecule has 2 aromatic carbocycles. The number of carbonyl (C=O) groups is 2. The molecule has 0 saturated carbocycles. The van der Waals surface area contributed by atoms with Gasteiger partial charge in [0.1, 0.15) is 5.82 Å². The summed E-state index contributed by atoms with van der Waals surface area (Å²) in [6.07, 6.45) is 0.190. The summed E-state index contributed by atoms with van der Waals surface area (Å²) in [6, 6.07) is 18.5. The average Bonchev–Trinajstić information content (AvgIpc) is 3.05. The van der Waals surface area contributed by atoms with Crippen molar-refractivity contribution < 1.29 is 9.59 Å². The van der Waals surface area contributed by atoms with Gasteiger partial charge in [0, 0.05) is 0 Å². The first-order valence-electron chi connectivity index (χ1n) is 7.85. The molecule has 0 aliphatic carbocycles. The fourth-order valence-corrected chi connectivity index (χ4v) is 2.53. The van der Waals surface area contributed by atoms with Crippen LogP contribution in [0, 0.1) is 11.3 Å². The topological polar surface area (TPSA) is 98.6 Å². The van der Waals surface area contributed by atoms with Crippen molar-refractivity contribution in [1.29, 1.82) is 5.26 Å². The number of amides is 1. The summed E-state index contributed by atoms with van der Waals surface area (Å²) in [5.41, 5.74) is 2.32. The third-order valence-electron chi connectivity index (χ3n) is 3.80. The maximum Gasteiger partial charge on any atom is 0.224 e. The number of aromatic amines is 1. The Bertz CT molecular complexity index is 908. The van der Waals surface area contributed by atoms with Crippen LogP contribution >= 0.6 is 0 Å². The van der Waals surface area contributed by atoms with Gasteiger partial charge >= 0.3 is 0 Å². The highest BCUT2D eigenvalue weighted by molar-refractivity contribution is 5.93. The summed E-state index contributed by atoms with van der Waals surface area (Å²) in [7, 11) is 0. The number of nitriles is 1. The summed E-state index contributed by atoms with van der Waals surface area (Å²) < 4.78 is 0. The van der Waals surface area contributed by atoms with Gasteiger partial charge in [-0.3, -0.25) is 9.59 Å². The lowest BCUT2D eigenvalue weighted by Crippen LogP contribution is -2.33. The van der Waals surface area contributed by atoms with Gasteiger partial charge in [0.25, 0.3) is 0 Å².